The molecule has 0 spiro atoms. The first-order valence-corrected chi connectivity index (χ1v) is 11.6. The van der Waals surface area contributed by atoms with Gasteiger partial charge in [-0.25, -0.2) is 4.98 Å². The summed E-state index contributed by atoms with van der Waals surface area (Å²) in [4.78, 5) is 22.6. The summed E-state index contributed by atoms with van der Waals surface area (Å²) in [6.07, 6.45) is -2.73. The molecule has 1 fully saturated rings. The number of hydrogen-bond donors (Lipinski definition) is 2. The normalized spacial score (nSPS) is 15.6. The number of nitrogens with one attached hydrogen (secondary N) is 1. The monoisotopic (exact) mass is 494 g/mol. The van der Waals surface area contributed by atoms with E-state index >= 15 is 0 Å². The van der Waals surface area contributed by atoms with Crippen LogP contribution in [0.3, 0.4) is 0 Å². The Hall–Kier alpha value is -2.73. The summed E-state index contributed by atoms with van der Waals surface area (Å²) in [5, 5.41) is 12.2. The van der Waals surface area contributed by atoms with Crippen molar-refractivity contribution in [2.75, 3.05) is 44.6 Å². The largest absolute Gasteiger partial charge is 0.461 e. The van der Waals surface area contributed by atoms with Crippen LogP contribution in [0.4, 0.5) is 18.3 Å². The quantitative estimate of drug-likeness (QED) is 0.515. The van der Waals surface area contributed by atoms with Crippen molar-refractivity contribution in [1.82, 2.24) is 14.8 Å². The molecule has 34 heavy (non-hydrogen) atoms. The Morgan fingerprint density at radius 3 is 2.65 bits per heavy atom. The third kappa shape index (κ3) is 5.84. The van der Waals surface area contributed by atoms with Crippen molar-refractivity contribution in [1.29, 1.82) is 0 Å². The number of furan rings is 1. The molecule has 2 N–H and O–H groups in total. The van der Waals surface area contributed by atoms with Gasteiger partial charge in [-0.15, -0.1) is 11.3 Å². The van der Waals surface area contributed by atoms with Gasteiger partial charge in [0, 0.05) is 55.9 Å². The number of thiazole rings is 1. The lowest BCUT2D eigenvalue weighted by atomic mass is 10.1. The second kappa shape index (κ2) is 10.3. The molecule has 1 amide bonds. The highest BCUT2D eigenvalue weighted by Gasteiger charge is 2.31. The highest BCUT2D eigenvalue weighted by Crippen LogP contribution is 2.33. The van der Waals surface area contributed by atoms with Crippen molar-refractivity contribution in [2.24, 2.45) is 0 Å². The third-order valence-electron chi connectivity index (χ3n) is 5.67. The standard InChI is InChI=1S/C23H25F3N4O3S/c1-15-19(12-20(33-15)16-3-2-4-17(11-16)23(24,25)26)21(32)28-22-27-13-18(34-22)14-30-7-5-29(6-8-30)9-10-31/h2-4,11-13,31H,5-10,14H2,1H3,(H,27,28,32). The van der Waals surface area contributed by atoms with Crippen LogP contribution in [-0.4, -0.2) is 65.1 Å². The predicted octanol–water partition coefficient (Wildman–Crippen LogP) is 4.09. The predicted molar refractivity (Wildman–Crippen MR) is 123 cm³/mol. The first-order chi connectivity index (χ1) is 16.2. The molecule has 4 rings (SSSR count). The number of alkyl halides is 3. The number of nitrogens with zero attached hydrogens (tertiary/aromatic N) is 3. The van der Waals surface area contributed by atoms with Gasteiger partial charge in [-0.2, -0.15) is 13.2 Å². The van der Waals surface area contributed by atoms with Gasteiger partial charge in [0.1, 0.15) is 11.5 Å². The Morgan fingerprint density at radius 2 is 1.94 bits per heavy atom. The fourth-order valence-electron chi connectivity index (χ4n) is 3.83. The van der Waals surface area contributed by atoms with Gasteiger partial charge in [0.05, 0.1) is 17.7 Å². The minimum Gasteiger partial charge on any atom is -0.461 e. The molecule has 7 nitrogen and oxygen atoms in total. The molecule has 0 atom stereocenters. The van der Waals surface area contributed by atoms with E-state index in [1.807, 2.05) is 0 Å². The van der Waals surface area contributed by atoms with Gasteiger partial charge < -0.3 is 9.52 Å². The SMILES string of the molecule is Cc1oc(-c2cccc(C(F)(F)F)c2)cc1C(=O)Nc1ncc(CN2CCN(CCO)CC2)s1. The van der Waals surface area contributed by atoms with Crippen molar-refractivity contribution in [3.05, 3.63) is 58.3 Å². The summed E-state index contributed by atoms with van der Waals surface area (Å²) in [5.74, 6) is 0.0642. The number of rotatable bonds is 7. The molecule has 3 heterocycles. The topological polar surface area (TPSA) is 81.8 Å². The van der Waals surface area contributed by atoms with Crippen LogP contribution in [0.2, 0.25) is 0 Å². The number of aliphatic hydroxyl groups excluding tert-OH is 1. The number of piperazine rings is 1. The molecule has 0 aliphatic carbocycles. The van der Waals surface area contributed by atoms with E-state index in [4.69, 9.17) is 9.52 Å². The number of carbonyl (C=O) groups is 1. The maximum Gasteiger partial charge on any atom is 0.416 e. The average molecular weight is 495 g/mol. The molecule has 1 aliphatic rings. The first-order valence-electron chi connectivity index (χ1n) is 10.8. The minimum atomic E-state index is -4.46. The molecule has 11 heteroatoms. The molecule has 182 valence electrons. The molecular formula is C23H25F3N4O3S. The van der Waals surface area contributed by atoms with E-state index < -0.39 is 17.6 Å². The van der Waals surface area contributed by atoms with Crippen LogP contribution in [0.25, 0.3) is 11.3 Å². The zero-order valence-electron chi connectivity index (χ0n) is 18.6. The summed E-state index contributed by atoms with van der Waals surface area (Å²) in [7, 11) is 0. The fourth-order valence-corrected chi connectivity index (χ4v) is 4.68. The van der Waals surface area contributed by atoms with Gasteiger partial charge >= 0.3 is 6.18 Å². The molecule has 0 bridgehead atoms. The number of aromatic nitrogens is 1. The average Bonchev–Trinajstić information content (AvgIpc) is 3.41. The van der Waals surface area contributed by atoms with Crippen LogP contribution in [0.15, 0.2) is 40.9 Å². The highest BCUT2D eigenvalue weighted by molar-refractivity contribution is 7.15. The van der Waals surface area contributed by atoms with Gasteiger partial charge in [-0.05, 0) is 25.1 Å². The van der Waals surface area contributed by atoms with E-state index in [1.54, 1.807) is 13.1 Å². The van der Waals surface area contributed by atoms with Crippen molar-refractivity contribution in [2.45, 2.75) is 19.6 Å². The van der Waals surface area contributed by atoms with Gasteiger partial charge in [-0.3, -0.25) is 19.9 Å². The highest BCUT2D eigenvalue weighted by atomic mass is 32.1. The molecule has 0 unspecified atom stereocenters. The maximum absolute atomic E-state index is 13.0. The third-order valence-corrected chi connectivity index (χ3v) is 6.57. The van der Waals surface area contributed by atoms with E-state index in [9.17, 15) is 18.0 Å². The zero-order valence-corrected chi connectivity index (χ0v) is 19.4. The smallest absolute Gasteiger partial charge is 0.416 e. The number of benzene rings is 1. The molecule has 3 aromatic rings. The lowest BCUT2D eigenvalue weighted by Gasteiger charge is -2.33. The summed E-state index contributed by atoms with van der Waals surface area (Å²) in [6.45, 7) is 6.76. The van der Waals surface area contributed by atoms with E-state index in [1.165, 1.54) is 29.5 Å². The second-order valence-corrected chi connectivity index (χ2v) is 9.20. The maximum atomic E-state index is 13.0. The van der Waals surface area contributed by atoms with E-state index in [0.29, 0.717) is 17.4 Å². The van der Waals surface area contributed by atoms with E-state index in [2.05, 4.69) is 20.1 Å². The summed E-state index contributed by atoms with van der Waals surface area (Å²) in [5.41, 5.74) is -0.299. The van der Waals surface area contributed by atoms with Crippen molar-refractivity contribution in [3.8, 4) is 11.3 Å². The number of carbonyl (C=O) groups excluding carboxylic acids is 1. The fraction of sp³-hybridized carbons (Fsp3) is 0.391. The first kappa shape index (κ1) is 24.4. The molecule has 1 aromatic carbocycles. The Kier molecular flexibility index (Phi) is 7.36. The van der Waals surface area contributed by atoms with Gasteiger partial charge in [0.15, 0.2) is 5.13 Å². The number of hydrogen-bond acceptors (Lipinski definition) is 7. The second-order valence-electron chi connectivity index (χ2n) is 8.09. The van der Waals surface area contributed by atoms with Crippen LogP contribution < -0.4 is 5.32 Å². The lowest BCUT2D eigenvalue weighted by Crippen LogP contribution is -2.46. The number of aliphatic hydroxyl groups is 1. The Bertz CT molecular complexity index is 1140. The van der Waals surface area contributed by atoms with E-state index in [0.717, 1.165) is 49.7 Å². The van der Waals surface area contributed by atoms with Crippen LogP contribution in [-0.2, 0) is 12.7 Å². The van der Waals surface area contributed by atoms with Gasteiger partial charge in [0.25, 0.3) is 5.91 Å². The van der Waals surface area contributed by atoms with Crippen LogP contribution in [0.5, 0.6) is 0 Å². The zero-order chi connectivity index (χ0) is 24.3. The Balaban J connectivity index is 1.39. The van der Waals surface area contributed by atoms with Crippen LogP contribution in [0, 0.1) is 6.92 Å². The molecule has 1 aliphatic heterocycles. The summed E-state index contributed by atoms with van der Waals surface area (Å²) < 4.78 is 44.7. The molecule has 0 radical (unpaired) electrons. The van der Waals surface area contributed by atoms with Crippen LogP contribution >= 0.6 is 11.3 Å². The number of halogens is 3. The molecular weight excluding hydrogens is 469 g/mol. The number of aryl methyl sites for hydroxylation is 1. The summed E-state index contributed by atoms with van der Waals surface area (Å²) in [6, 6.07) is 6.24. The Labute approximate surface area is 198 Å². The van der Waals surface area contributed by atoms with Gasteiger partial charge in [-0.1, -0.05) is 12.1 Å². The summed E-state index contributed by atoms with van der Waals surface area (Å²) >= 11 is 1.38. The van der Waals surface area contributed by atoms with Crippen molar-refractivity contribution < 1.29 is 27.5 Å². The lowest BCUT2D eigenvalue weighted by molar-refractivity contribution is -0.137. The number of anilines is 1. The number of β-amino-alcohol motifs (C(OH)–C–C–N with tert-alkyl or cyclic N) is 1. The van der Waals surface area contributed by atoms with Crippen molar-refractivity contribution >= 4 is 22.4 Å². The van der Waals surface area contributed by atoms with Gasteiger partial charge in [0.2, 0.25) is 0 Å². The van der Waals surface area contributed by atoms with Crippen molar-refractivity contribution in [3.63, 3.8) is 0 Å². The minimum absolute atomic E-state index is 0.162. The van der Waals surface area contributed by atoms with E-state index in [-0.39, 0.29) is 23.5 Å². The molecule has 0 saturated carbocycles. The van der Waals surface area contributed by atoms with Crippen LogP contribution in [0.1, 0.15) is 26.6 Å². The molecule has 1 saturated heterocycles. The number of amides is 1. The Morgan fingerprint density at radius 1 is 1.21 bits per heavy atom. The molecule has 2 aromatic heterocycles.